The summed E-state index contributed by atoms with van der Waals surface area (Å²) >= 11 is 0. The highest BCUT2D eigenvalue weighted by molar-refractivity contribution is 5.27. The molecule has 2 N–H and O–H groups in total. The summed E-state index contributed by atoms with van der Waals surface area (Å²) in [6, 6.07) is 8.32. The lowest BCUT2D eigenvalue weighted by molar-refractivity contribution is 0.340. The zero-order valence-electron chi connectivity index (χ0n) is 11.3. The van der Waals surface area contributed by atoms with E-state index in [-0.39, 0.29) is 0 Å². The van der Waals surface area contributed by atoms with E-state index >= 15 is 0 Å². The van der Waals surface area contributed by atoms with E-state index in [1.54, 1.807) is 7.11 Å². The Balaban J connectivity index is 2.60. The monoisotopic (exact) mass is 235 g/mol. The average molecular weight is 235 g/mol. The quantitative estimate of drug-likeness (QED) is 0.787. The molecule has 1 aromatic rings. The average Bonchev–Trinajstić information content (AvgIpc) is 2.37. The fraction of sp³-hybridized carbons (Fsp3) is 0.600. The van der Waals surface area contributed by atoms with Crippen molar-refractivity contribution in [3.63, 3.8) is 0 Å². The van der Waals surface area contributed by atoms with Crippen molar-refractivity contribution in [1.82, 2.24) is 0 Å². The van der Waals surface area contributed by atoms with E-state index in [1.165, 1.54) is 18.4 Å². The third-order valence-electron chi connectivity index (χ3n) is 3.51. The van der Waals surface area contributed by atoms with Gasteiger partial charge in [0.05, 0.1) is 7.11 Å². The predicted octanol–water partition coefficient (Wildman–Crippen LogP) is 3.25. The third-order valence-corrected chi connectivity index (χ3v) is 3.51. The first-order valence-corrected chi connectivity index (χ1v) is 6.54. The Kier molecular flexibility index (Phi) is 6.06. The van der Waals surface area contributed by atoms with Crippen molar-refractivity contribution in [1.29, 1.82) is 0 Å². The Hall–Kier alpha value is -1.02. The highest BCUT2D eigenvalue weighted by atomic mass is 16.5. The molecule has 2 nitrogen and oxygen atoms in total. The molecule has 0 aliphatic rings. The molecule has 1 aromatic carbocycles. The van der Waals surface area contributed by atoms with Crippen LogP contribution in [-0.2, 0) is 6.42 Å². The minimum absolute atomic E-state index is 0.586. The maximum Gasteiger partial charge on any atom is 0.118 e. The van der Waals surface area contributed by atoms with Crippen LogP contribution in [0.5, 0.6) is 5.75 Å². The van der Waals surface area contributed by atoms with E-state index in [4.69, 9.17) is 10.5 Å². The highest BCUT2D eigenvalue weighted by Gasteiger charge is 2.15. The van der Waals surface area contributed by atoms with Crippen molar-refractivity contribution >= 4 is 0 Å². The summed E-state index contributed by atoms with van der Waals surface area (Å²) in [6.07, 6.45) is 3.57. The van der Waals surface area contributed by atoms with Crippen LogP contribution in [0.4, 0.5) is 0 Å². The third kappa shape index (κ3) is 4.39. The predicted molar refractivity (Wildman–Crippen MR) is 73.3 cm³/mol. The number of hydrogen-bond acceptors (Lipinski definition) is 2. The maximum atomic E-state index is 5.88. The molecule has 96 valence electrons. The maximum absolute atomic E-state index is 5.88. The molecule has 2 unspecified atom stereocenters. The summed E-state index contributed by atoms with van der Waals surface area (Å²) in [5, 5.41) is 0. The van der Waals surface area contributed by atoms with Gasteiger partial charge in [-0.3, -0.25) is 0 Å². The molecule has 0 saturated carbocycles. The Morgan fingerprint density at radius 2 is 1.88 bits per heavy atom. The number of nitrogens with two attached hydrogens (primary N) is 1. The molecule has 0 fully saturated rings. The Morgan fingerprint density at radius 3 is 2.35 bits per heavy atom. The van der Waals surface area contributed by atoms with E-state index in [2.05, 4.69) is 26.0 Å². The van der Waals surface area contributed by atoms with Crippen molar-refractivity contribution in [3.8, 4) is 5.75 Å². The Labute approximate surface area is 105 Å². The SMILES string of the molecule is CCCC(C)C(CN)Cc1ccc(OC)cc1. The second kappa shape index (κ2) is 7.33. The smallest absolute Gasteiger partial charge is 0.118 e. The topological polar surface area (TPSA) is 35.2 Å². The fourth-order valence-corrected chi connectivity index (χ4v) is 2.27. The summed E-state index contributed by atoms with van der Waals surface area (Å²) in [4.78, 5) is 0. The molecule has 0 heterocycles. The molecule has 0 spiro atoms. The second-order valence-electron chi connectivity index (χ2n) is 4.81. The van der Waals surface area contributed by atoms with Crippen LogP contribution in [0.3, 0.4) is 0 Å². The van der Waals surface area contributed by atoms with Gasteiger partial charge in [-0.1, -0.05) is 38.8 Å². The molecule has 0 aliphatic heterocycles. The van der Waals surface area contributed by atoms with Crippen LogP contribution in [0.2, 0.25) is 0 Å². The normalized spacial score (nSPS) is 14.4. The van der Waals surface area contributed by atoms with E-state index in [1.807, 2.05) is 12.1 Å². The van der Waals surface area contributed by atoms with Crippen molar-refractivity contribution < 1.29 is 4.74 Å². The largest absolute Gasteiger partial charge is 0.497 e. The molecule has 0 aliphatic carbocycles. The molecule has 0 amide bonds. The van der Waals surface area contributed by atoms with Crippen LogP contribution in [0, 0.1) is 11.8 Å². The van der Waals surface area contributed by atoms with Crippen molar-refractivity contribution in [3.05, 3.63) is 29.8 Å². The summed E-state index contributed by atoms with van der Waals surface area (Å²) in [5.74, 6) is 2.20. The molecule has 2 heteroatoms. The molecule has 2 atom stereocenters. The standard InChI is InChI=1S/C15H25NO/c1-4-5-12(2)14(11-16)10-13-6-8-15(17-3)9-7-13/h6-9,12,14H,4-5,10-11,16H2,1-3H3. The fourth-order valence-electron chi connectivity index (χ4n) is 2.27. The van der Waals surface area contributed by atoms with Crippen LogP contribution >= 0.6 is 0 Å². The van der Waals surface area contributed by atoms with Gasteiger partial charge in [0.25, 0.3) is 0 Å². The van der Waals surface area contributed by atoms with Crippen molar-refractivity contribution in [2.24, 2.45) is 17.6 Å². The van der Waals surface area contributed by atoms with E-state index in [9.17, 15) is 0 Å². The van der Waals surface area contributed by atoms with E-state index < -0.39 is 0 Å². The second-order valence-corrected chi connectivity index (χ2v) is 4.81. The number of ether oxygens (including phenoxy) is 1. The number of benzene rings is 1. The molecule has 0 radical (unpaired) electrons. The molecule has 0 bridgehead atoms. The van der Waals surface area contributed by atoms with Gasteiger partial charge in [-0.25, -0.2) is 0 Å². The highest BCUT2D eigenvalue weighted by Crippen LogP contribution is 2.22. The summed E-state index contributed by atoms with van der Waals surface area (Å²) in [6.45, 7) is 5.31. The van der Waals surface area contributed by atoms with Gasteiger partial charge < -0.3 is 10.5 Å². The summed E-state index contributed by atoms with van der Waals surface area (Å²) < 4.78 is 5.16. The first kappa shape index (κ1) is 14.0. The number of rotatable bonds is 7. The lowest BCUT2D eigenvalue weighted by atomic mass is 9.85. The first-order valence-electron chi connectivity index (χ1n) is 6.54. The number of methoxy groups -OCH3 is 1. The van der Waals surface area contributed by atoms with Crippen LogP contribution in [0.1, 0.15) is 32.3 Å². The van der Waals surface area contributed by atoms with Crippen molar-refractivity contribution in [2.45, 2.75) is 33.1 Å². The lowest BCUT2D eigenvalue weighted by Gasteiger charge is -2.22. The van der Waals surface area contributed by atoms with Gasteiger partial charge in [-0.05, 0) is 42.5 Å². The van der Waals surface area contributed by atoms with Gasteiger partial charge in [0.2, 0.25) is 0 Å². The Morgan fingerprint density at radius 1 is 1.24 bits per heavy atom. The van der Waals surface area contributed by atoms with E-state index in [0.29, 0.717) is 11.8 Å². The lowest BCUT2D eigenvalue weighted by Crippen LogP contribution is -2.23. The Bertz CT molecular complexity index is 307. The van der Waals surface area contributed by atoms with Gasteiger partial charge >= 0.3 is 0 Å². The number of hydrogen-bond donors (Lipinski definition) is 1. The zero-order chi connectivity index (χ0) is 12.7. The van der Waals surface area contributed by atoms with Gasteiger partial charge in [-0.2, -0.15) is 0 Å². The van der Waals surface area contributed by atoms with Gasteiger partial charge in [0.1, 0.15) is 5.75 Å². The molecule has 0 saturated heterocycles. The molecular formula is C15H25NO. The van der Waals surface area contributed by atoms with Crippen molar-refractivity contribution in [2.75, 3.05) is 13.7 Å². The van der Waals surface area contributed by atoms with Crippen LogP contribution in [0.15, 0.2) is 24.3 Å². The summed E-state index contributed by atoms with van der Waals surface area (Å²) in [5.41, 5.74) is 7.23. The summed E-state index contributed by atoms with van der Waals surface area (Å²) in [7, 11) is 1.70. The van der Waals surface area contributed by atoms with E-state index in [0.717, 1.165) is 18.7 Å². The van der Waals surface area contributed by atoms with Gasteiger partial charge in [0.15, 0.2) is 0 Å². The van der Waals surface area contributed by atoms with Crippen LogP contribution < -0.4 is 10.5 Å². The molecule has 0 aromatic heterocycles. The van der Waals surface area contributed by atoms with Crippen LogP contribution in [-0.4, -0.2) is 13.7 Å². The van der Waals surface area contributed by atoms with Gasteiger partial charge in [0, 0.05) is 0 Å². The minimum atomic E-state index is 0.586. The zero-order valence-corrected chi connectivity index (χ0v) is 11.3. The molecule has 17 heavy (non-hydrogen) atoms. The first-order chi connectivity index (χ1) is 8.21. The van der Waals surface area contributed by atoms with Gasteiger partial charge in [-0.15, -0.1) is 0 Å². The molecular weight excluding hydrogens is 210 g/mol. The van der Waals surface area contributed by atoms with Crippen LogP contribution in [0.25, 0.3) is 0 Å². The minimum Gasteiger partial charge on any atom is -0.497 e. The molecule has 1 rings (SSSR count).